The molecule has 2 saturated heterocycles. The zero-order valence-electron chi connectivity index (χ0n) is 14.4. The van der Waals surface area contributed by atoms with E-state index in [-0.39, 0.29) is 36.5 Å². The number of halogens is 1. The van der Waals surface area contributed by atoms with E-state index in [9.17, 15) is 14.4 Å². The normalized spacial score (nSPS) is 22.6. The molecule has 2 fully saturated rings. The number of piperidine rings is 2. The van der Waals surface area contributed by atoms with Crippen molar-refractivity contribution in [1.82, 2.24) is 15.5 Å². The van der Waals surface area contributed by atoms with Crippen molar-refractivity contribution in [3.05, 3.63) is 40.5 Å². The first-order valence-electron chi connectivity index (χ1n) is 8.79. The number of rotatable bonds is 2. The van der Waals surface area contributed by atoms with Gasteiger partial charge in [0.25, 0.3) is 5.91 Å². The predicted molar refractivity (Wildman–Crippen MR) is 99.8 cm³/mol. The Labute approximate surface area is 158 Å². The Morgan fingerprint density at radius 3 is 2.58 bits per heavy atom. The number of hydrogen-bond donors (Lipinski definition) is 2. The second kappa shape index (κ2) is 7.60. The summed E-state index contributed by atoms with van der Waals surface area (Å²) in [5.74, 6) is -0.749. The number of carbonyl (C=O) groups excluding carboxylic acids is 3. The zero-order chi connectivity index (χ0) is 17.4. The number of hydrogen-bond acceptors (Lipinski definition) is 4. The molecule has 0 saturated carbocycles. The van der Waals surface area contributed by atoms with Crippen LogP contribution < -0.4 is 10.6 Å². The Morgan fingerprint density at radius 2 is 1.85 bits per heavy atom. The highest BCUT2D eigenvalue weighted by atomic mass is 35.5. The van der Waals surface area contributed by atoms with Gasteiger partial charge in [-0.3, -0.25) is 19.7 Å². The van der Waals surface area contributed by atoms with Crippen molar-refractivity contribution in [1.29, 1.82) is 0 Å². The molecule has 3 aliphatic heterocycles. The van der Waals surface area contributed by atoms with Crippen LogP contribution in [0, 0.1) is 0 Å². The first-order valence-corrected chi connectivity index (χ1v) is 8.79. The Morgan fingerprint density at radius 1 is 1.08 bits per heavy atom. The van der Waals surface area contributed by atoms with Crippen LogP contribution in [0.15, 0.2) is 23.8 Å². The fourth-order valence-corrected chi connectivity index (χ4v) is 3.81. The number of amides is 3. The van der Waals surface area contributed by atoms with Crippen LogP contribution in [-0.2, 0) is 16.1 Å². The summed E-state index contributed by atoms with van der Waals surface area (Å²) in [5.41, 5.74) is 4.15. The van der Waals surface area contributed by atoms with Crippen LogP contribution in [0.2, 0.25) is 0 Å². The lowest BCUT2D eigenvalue weighted by Crippen LogP contribution is -2.52. The third kappa shape index (κ3) is 3.52. The van der Waals surface area contributed by atoms with Crippen molar-refractivity contribution in [3.8, 4) is 0 Å². The summed E-state index contributed by atoms with van der Waals surface area (Å²) in [6.45, 7) is 2.45. The van der Waals surface area contributed by atoms with Gasteiger partial charge in [-0.05, 0) is 55.6 Å². The van der Waals surface area contributed by atoms with E-state index < -0.39 is 6.04 Å². The zero-order valence-corrected chi connectivity index (χ0v) is 15.2. The second-order valence-electron chi connectivity index (χ2n) is 6.87. The van der Waals surface area contributed by atoms with Gasteiger partial charge >= 0.3 is 0 Å². The molecule has 26 heavy (non-hydrogen) atoms. The molecule has 0 bridgehead atoms. The summed E-state index contributed by atoms with van der Waals surface area (Å²) in [6.07, 6.45) is 4.99. The highest BCUT2D eigenvalue weighted by molar-refractivity contribution is 6.05. The van der Waals surface area contributed by atoms with Crippen molar-refractivity contribution >= 4 is 36.2 Å². The quantitative estimate of drug-likeness (QED) is 0.770. The van der Waals surface area contributed by atoms with Gasteiger partial charge in [-0.2, -0.15) is 0 Å². The summed E-state index contributed by atoms with van der Waals surface area (Å²) in [4.78, 5) is 37.7. The molecule has 1 unspecified atom stereocenters. The van der Waals surface area contributed by atoms with E-state index in [1.54, 1.807) is 4.90 Å². The molecule has 4 rings (SSSR count). The maximum Gasteiger partial charge on any atom is 0.255 e. The molecule has 0 aliphatic carbocycles. The number of nitrogens with one attached hydrogen (secondary N) is 2. The molecule has 3 heterocycles. The summed E-state index contributed by atoms with van der Waals surface area (Å²) in [6, 6.07) is 5.33. The molecule has 6 nitrogen and oxygen atoms in total. The van der Waals surface area contributed by atoms with Gasteiger partial charge in [0.1, 0.15) is 6.04 Å². The van der Waals surface area contributed by atoms with Gasteiger partial charge in [-0.15, -0.1) is 12.4 Å². The first-order chi connectivity index (χ1) is 12.1. The Bertz CT molecular complexity index is 782. The fraction of sp³-hybridized carbons (Fsp3) is 0.421. The highest BCUT2D eigenvalue weighted by Gasteiger charge is 2.38. The largest absolute Gasteiger partial charge is 0.322 e. The fourth-order valence-electron chi connectivity index (χ4n) is 3.81. The topological polar surface area (TPSA) is 78.5 Å². The van der Waals surface area contributed by atoms with Gasteiger partial charge in [-0.25, -0.2) is 0 Å². The smallest absolute Gasteiger partial charge is 0.255 e. The van der Waals surface area contributed by atoms with Crippen molar-refractivity contribution in [2.45, 2.75) is 38.3 Å². The Hall–Kier alpha value is -2.18. The minimum absolute atomic E-state index is 0. The molecule has 2 N–H and O–H groups in total. The highest BCUT2D eigenvalue weighted by Crippen LogP contribution is 2.29. The van der Waals surface area contributed by atoms with E-state index in [1.807, 2.05) is 18.2 Å². The van der Waals surface area contributed by atoms with Crippen molar-refractivity contribution in [3.63, 3.8) is 0 Å². The molecular formula is C19H22ClN3O3. The lowest BCUT2D eigenvalue weighted by molar-refractivity contribution is -0.136. The van der Waals surface area contributed by atoms with E-state index in [1.165, 1.54) is 5.57 Å². The van der Waals surface area contributed by atoms with Gasteiger partial charge in [0.05, 0.1) is 0 Å². The van der Waals surface area contributed by atoms with Crippen molar-refractivity contribution in [2.24, 2.45) is 0 Å². The molecule has 3 aliphatic rings. The maximum atomic E-state index is 12.7. The predicted octanol–water partition coefficient (Wildman–Crippen LogP) is 1.64. The van der Waals surface area contributed by atoms with Crippen molar-refractivity contribution in [2.75, 3.05) is 13.1 Å². The molecular weight excluding hydrogens is 354 g/mol. The van der Waals surface area contributed by atoms with Gasteiger partial charge in [0, 0.05) is 18.5 Å². The maximum absolute atomic E-state index is 12.7. The van der Waals surface area contributed by atoms with Crippen LogP contribution in [0.25, 0.3) is 6.08 Å². The summed E-state index contributed by atoms with van der Waals surface area (Å²) >= 11 is 0. The average molecular weight is 376 g/mol. The van der Waals surface area contributed by atoms with Crippen LogP contribution in [-0.4, -0.2) is 41.8 Å². The van der Waals surface area contributed by atoms with Crippen LogP contribution in [0.1, 0.15) is 47.2 Å². The number of benzene rings is 1. The third-order valence-electron chi connectivity index (χ3n) is 5.16. The van der Waals surface area contributed by atoms with E-state index >= 15 is 0 Å². The molecule has 0 aromatic heterocycles. The average Bonchev–Trinajstić information content (AvgIpc) is 2.92. The summed E-state index contributed by atoms with van der Waals surface area (Å²) in [7, 11) is 0. The molecule has 0 spiro atoms. The molecule has 138 valence electrons. The van der Waals surface area contributed by atoms with E-state index in [0.717, 1.165) is 37.1 Å². The Kier molecular flexibility index (Phi) is 5.44. The first kappa shape index (κ1) is 18.6. The molecule has 1 aromatic rings. The van der Waals surface area contributed by atoms with Gasteiger partial charge in [-0.1, -0.05) is 17.7 Å². The van der Waals surface area contributed by atoms with Crippen LogP contribution in [0.5, 0.6) is 0 Å². The van der Waals surface area contributed by atoms with Gasteiger partial charge in [0.2, 0.25) is 11.8 Å². The number of imide groups is 1. The number of nitrogens with zero attached hydrogens (tertiary/aromatic N) is 1. The standard InChI is InChI=1S/C19H21N3O3.ClH/c23-17-4-3-16(18(24)21-17)22-11-14-10-13(1-2-15(14)19(22)25)9-12-5-7-20-8-6-12;/h1-2,9-10,16,20H,3-8,11H2,(H,21,23,24);1H. The van der Waals surface area contributed by atoms with Crippen LogP contribution in [0.3, 0.4) is 0 Å². The molecule has 7 heteroatoms. The molecule has 0 radical (unpaired) electrons. The number of fused-ring (bicyclic) bond motifs is 1. The SMILES string of the molecule is Cl.O=C1CCC(N2Cc3cc(C=C4CCNCC4)ccc3C2=O)C(=O)N1. The van der Waals surface area contributed by atoms with E-state index in [2.05, 4.69) is 16.7 Å². The second-order valence-corrected chi connectivity index (χ2v) is 6.87. The van der Waals surface area contributed by atoms with Crippen molar-refractivity contribution < 1.29 is 14.4 Å². The van der Waals surface area contributed by atoms with Gasteiger partial charge < -0.3 is 10.2 Å². The Balaban J connectivity index is 0.00000196. The van der Waals surface area contributed by atoms with E-state index in [0.29, 0.717) is 18.5 Å². The van der Waals surface area contributed by atoms with Gasteiger partial charge in [0.15, 0.2) is 0 Å². The minimum Gasteiger partial charge on any atom is -0.322 e. The summed E-state index contributed by atoms with van der Waals surface area (Å²) in [5, 5.41) is 5.68. The minimum atomic E-state index is -0.552. The van der Waals surface area contributed by atoms with E-state index in [4.69, 9.17) is 0 Å². The molecule has 3 amide bonds. The summed E-state index contributed by atoms with van der Waals surface area (Å²) < 4.78 is 0. The third-order valence-corrected chi connectivity index (χ3v) is 5.16. The number of carbonyl (C=O) groups is 3. The monoisotopic (exact) mass is 375 g/mol. The van der Waals surface area contributed by atoms with Crippen LogP contribution >= 0.6 is 12.4 Å². The molecule has 1 atom stereocenters. The van der Waals surface area contributed by atoms with Crippen LogP contribution in [0.4, 0.5) is 0 Å². The lowest BCUT2D eigenvalue weighted by atomic mass is 10.00. The molecule has 1 aromatic carbocycles. The lowest BCUT2D eigenvalue weighted by Gasteiger charge is -2.29.